The number of rotatable bonds is 4. The molecule has 1 saturated heterocycles. The lowest BCUT2D eigenvalue weighted by Crippen LogP contribution is -2.44. The average molecular weight is 342 g/mol. The molecule has 0 spiro atoms. The molecule has 25 heavy (non-hydrogen) atoms. The van der Waals surface area contributed by atoms with Gasteiger partial charge in [-0.05, 0) is 25.5 Å². The molecule has 0 saturated carbocycles. The van der Waals surface area contributed by atoms with E-state index in [1.54, 1.807) is 17.2 Å². The number of likely N-dealkylation sites (tertiary alicyclic amines) is 1. The number of nitrogens with zero attached hydrogens (tertiary/aromatic N) is 3. The van der Waals surface area contributed by atoms with E-state index in [-0.39, 0.29) is 30.2 Å². The number of furan rings is 1. The minimum atomic E-state index is -0.284. The Labute approximate surface area is 146 Å². The first kappa shape index (κ1) is 15.9. The quantitative estimate of drug-likeness (QED) is 0.907. The summed E-state index contributed by atoms with van der Waals surface area (Å²) in [6.45, 7) is 3.61. The van der Waals surface area contributed by atoms with Gasteiger partial charge < -0.3 is 19.2 Å². The minimum absolute atomic E-state index is 0.00714. The fourth-order valence-electron chi connectivity index (χ4n) is 3.71. The number of carbonyl (C=O) groups excluding carboxylic acids is 2. The second kappa shape index (κ2) is 6.38. The molecule has 4 rings (SSSR count). The third-order valence-corrected chi connectivity index (χ3v) is 4.97. The molecule has 0 bridgehead atoms. The number of fused-ring (bicyclic) bond motifs is 1. The molecule has 1 fully saturated rings. The van der Waals surface area contributed by atoms with Gasteiger partial charge in [-0.15, -0.1) is 0 Å². The van der Waals surface area contributed by atoms with E-state index < -0.39 is 0 Å². The number of hydrogen-bond donors (Lipinski definition) is 1. The number of nitrogens with one attached hydrogen (secondary N) is 1. The van der Waals surface area contributed by atoms with E-state index in [0.717, 1.165) is 36.7 Å². The molecular weight excluding hydrogens is 320 g/mol. The standard InChI is InChI=1S/C18H22N4O3/c1-12-8-21-10-14(4-5-16(21)19-12)20-18(24)13-7-17(23)22(9-13)11-15-3-2-6-25-15/h2-3,6,8,13-14H,4-5,7,9-11H2,1H3,(H,20,24). The minimum Gasteiger partial charge on any atom is -0.467 e. The molecule has 0 aromatic carbocycles. The van der Waals surface area contributed by atoms with Crippen LogP contribution in [0.1, 0.15) is 30.1 Å². The summed E-state index contributed by atoms with van der Waals surface area (Å²) in [6.07, 6.45) is 5.65. The van der Waals surface area contributed by atoms with Crippen LogP contribution in [0.4, 0.5) is 0 Å². The molecule has 7 heteroatoms. The van der Waals surface area contributed by atoms with E-state index in [1.807, 2.05) is 19.2 Å². The highest BCUT2D eigenvalue weighted by Gasteiger charge is 2.35. The van der Waals surface area contributed by atoms with Gasteiger partial charge in [0.1, 0.15) is 11.6 Å². The van der Waals surface area contributed by atoms with Crippen molar-refractivity contribution in [3.8, 4) is 0 Å². The summed E-state index contributed by atoms with van der Waals surface area (Å²) < 4.78 is 7.41. The predicted molar refractivity (Wildman–Crippen MR) is 89.4 cm³/mol. The normalized spacial score (nSPS) is 22.9. The summed E-state index contributed by atoms with van der Waals surface area (Å²) in [4.78, 5) is 30.9. The SMILES string of the molecule is Cc1cn2c(n1)CCC(NC(=O)C1CC(=O)N(Cc3ccco3)C1)C2. The van der Waals surface area contributed by atoms with Crippen molar-refractivity contribution in [2.45, 2.75) is 45.3 Å². The van der Waals surface area contributed by atoms with E-state index in [4.69, 9.17) is 4.42 Å². The number of amides is 2. The van der Waals surface area contributed by atoms with Crippen LogP contribution in [0.3, 0.4) is 0 Å². The number of aromatic nitrogens is 2. The largest absolute Gasteiger partial charge is 0.467 e. The molecule has 0 aliphatic carbocycles. The number of carbonyl (C=O) groups is 2. The molecule has 132 valence electrons. The van der Waals surface area contributed by atoms with Crippen molar-refractivity contribution in [3.63, 3.8) is 0 Å². The lowest BCUT2D eigenvalue weighted by molar-refractivity contribution is -0.129. The van der Waals surface area contributed by atoms with E-state index in [9.17, 15) is 9.59 Å². The molecule has 2 amide bonds. The zero-order chi connectivity index (χ0) is 17.4. The number of imidazole rings is 1. The zero-order valence-electron chi connectivity index (χ0n) is 14.3. The van der Waals surface area contributed by atoms with Gasteiger partial charge >= 0.3 is 0 Å². The van der Waals surface area contributed by atoms with Gasteiger partial charge in [0.15, 0.2) is 0 Å². The Balaban J connectivity index is 1.33. The highest BCUT2D eigenvalue weighted by Crippen LogP contribution is 2.22. The van der Waals surface area contributed by atoms with E-state index in [0.29, 0.717) is 13.1 Å². The Kier molecular flexibility index (Phi) is 4.07. The molecular formula is C18H22N4O3. The van der Waals surface area contributed by atoms with Crippen LogP contribution in [-0.4, -0.2) is 38.9 Å². The van der Waals surface area contributed by atoms with Gasteiger partial charge in [-0.25, -0.2) is 4.98 Å². The van der Waals surface area contributed by atoms with Gasteiger partial charge in [0.25, 0.3) is 0 Å². The van der Waals surface area contributed by atoms with Gasteiger partial charge in [0, 0.05) is 38.2 Å². The summed E-state index contributed by atoms with van der Waals surface area (Å²) in [5, 5.41) is 3.12. The first-order valence-electron chi connectivity index (χ1n) is 8.71. The molecule has 2 unspecified atom stereocenters. The summed E-state index contributed by atoms with van der Waals surface area (Å²) >= 11 is 0. The smallest absolute Gasteiger partial charge is 0.225 e. The van der Waals surface area contributed by atoms with Crippen LogP contribution in [0.25, 0.3) is 0 Å². The summed E-state index contributed by atoms with van der Waals surface area (Å²) in [6, 6.07) is 3.74. The Morgan fingerprint density at radius 2 is 2.32 bits per heavy atom. The van der Waals surface area contributed by atoms with Crippen molar-refractivity contribution in [2.75, 3.05) is 6.54 Å². The Bertz CT molecular complexity index is 780. The molecule has 4 heterocycles. The van der Waals surface area contributed by atoms with Crippen molar-refractivity contribution in [1.29, 1.82) is 0 Å². The molecule has 7 nitrogen and oxygen atoms in total. The summed E-state index contributed by atoms with van der Waals surface area (Å²) in [5.41, 5.74) is 1.01. The molecule has 0 radical (unpaired) electrons. The van der Waals surface area contributed by atoms with E-state index in [1.165, 1.54) is 0 Å². The molecule has 2 aliphatic heterocycles. The lowest BCUT2D eigenvalue weighted by Gasteiger charge is -2.25. The van der Waals surface area contributed by atoms with Gasteiger partial charge in [-0.3, -0.25) is 9.59 Å². The van der Waals surface area contributed by atoms with Crippen molar-refractivity contribution < 1.29 is 14.0 Å². The van der Waals surface area contributed by atoms with Crippen LogP contribution < -0.4 is 5.32 Å². The van der Waals surface area contributed by atoms with Gasteiger partial charge in [-0.1, -0.05) is 0 Å². The molecule has 2 aromatic rings. The maximum Gasteiger partial charge on any atom is 0.225 e. The summed E-state index contributed by atoms with van der Waals surface area (Å²) in [7, 11) is 0. The fraction of sp³-hybridized carbons (Fsp3) is 0.500. The Morgan fingerprint density at radius 3 is 3.12 bits per heavy atom. The zero-order valence-corrected chi connectivity index (χ0v) is 14.3. The van der Waals surface area contributed by atoms with E-state index >= 15 is 0 Å². The van der Waals surface area contributed by atoms with Crippen LogP contribution in [-0.2, 0) is 29.1 Å². The van der Waals surface area contributed by atoms with Crippen LogP contribution >= 0.6 is 0 Å². The first-order valence-corrected chi connectivity index (χ1v) is 8.71. The van der Waals surface area contributed by atoms with Crippen LogP contribution in [0.2, 0.25) is 0 Å². The Hall–Kier alpha value is -2.57. The highest BCUT2D eigenvalue weighted by atomic mass is 16.3. The van der Waals surface area contributed by atoms with Crippen LogP contribution in [0, 0.1) is 12.8 Å². The van der Waals surface area contributed by atoms with Crippen molar-refractivity contribution in [2.24, 2.45) is 5.92 Å². The summed E-state index contributed by atoms with van der Waals surface area (Å²) in [5.74, 6) is 1.52. The second-order valence-corrected chi connectivity index (χ2v) is 6.95. The van der Waals surface area contributed by atoms with Crippen LogP contribution in [0.15, 0.2) is 29.0 Å². The topological polar surface area (TPSA) is 80.4 Å². The fourth-order valence-corrected chi connectivity index (χ4v) is 3.71. The van der Waals surface area contributed by atoms with Gasteiger partial charge in [0.2, 0.25) is 11.8 Å². The number of hydrogen-bond acceptors (Lipinski definition) is 4. The highest BCUT2D eigenvalue weighted by molar-refractivity contribution is 5.89. The average Bonchev–Trinajstić information content (AvgIpc) is 3.28. The number of aryl methyl sites for hydroxylation is 2. The maximum atomic E-state index is 12.6. The third-order valence-electron chi connectivity index (χ3n) is 4.97. The van der Waals surface area contributed by atoms with Crippen molar-refractivity contribution in [1.82, 2.24) is 19.8 Å². The Morgan fingerprint density at radius 1 is 1.44 bits per heavy atom. The monoisotopic (exact) mass is 342 g/mol. The van der Waals surface area contributed by atoms with Gasteiger partial charge in [-0.2, -0.15) is 0 Å². The predicted octanol–water partition coefficient (Wildman–Crippen LogP) is 1.26. The van der Waals surface area contributed by atoms with E-state index in [2.05, 4.69) is 14.9 Å². The first-order chi connectivity index (χ1) is 12.1. The molecule has 2 aromatic heterocycles. The van der Waals surface area contributed by atoms with Crippen LogP contribution in [0.5, 0.6) is 0 Å². The third kappa shape index (κ3) is 3.31. The lowest BCUT2D eigenvalue weighted by atomic mass is 10.0. The second-order valence-electron chi connectivity index (χ2n) is 6.95. The maximum absolute atomic E-state index is 12.6. The van der Waals surface area contributed by atoms with Crippen molar-refractivity contribution >= 4 is 11.8 Å². The molecule has 1 N–H and O–H groups in total. The molecule has 2 atom stereocenters. The molecule has 2 aliphatic rings. The van der Waals surface area contributed by atoms with Crippen molar-refractivity contribution in [3.05, 3.63) is 41.9 Å². The van der Waals surface area contributed by atoms with Gasteiger partial charge in [0.05, 0.1) is 24.4 Å².